The summed E-state index contributed by atoms with van der Waals surface area (Å²) < 4.78 is 0. The molecule has 1 aromatic carbocycles. The first kappa shape index (κ1) is 11.6. The zero-order chi connectivity index (χ0) is 12.3. The van der Waals surface area contributed by atoms with Crippen molar-refractivity contribution in [1.29, 1.82) is 0 Å². The van der Waals surface area contributed by atoms with Gasteiger partial charge in [0.05, 0.1) is 5.69 Å². The summed E-state index contributed by atoms with van der Waals surface area (Å²) in [5.41, 5.74) is 2.73. The van der Waals surface area contributed by atoms with Gasteiger partial charge in [0.25, 0.3) is 5.91 Å². The van der Waals surface area contributed by atoms with Crippen LogP contribution in [0.3, 0.4) is 0 Å². The molecule has 0 saturated heterocycles. The number of carbonyl (C=O) groups is 1. The van der Waals surface area contributed by atoms with E-state index in [2.05, 4.69) is 17.4 Å². The molecule has 17 heavy (non-hydrogen) atoms. The van der Waals surface area contributed by atoms with Crippen molar-refractivity contribution >= 4 is 17.3 Å². The molecule has 0 unspecified atom stereocenters. The molecule has 0 saturated carbocycles. The maximum atomic E-state index is 11.5. The van der Waals surface area contributed by atoms with Gasteiger partial charge in [-0.1, -0.05) is 43.1 Å². The van der Waals surface area contributed by atoms with E-state index in [1.54, 1.807) is 6.07 Å². The van der Waals surface area contributed by atoms with Gasteiger partial charge in [-0.2, -0.15) is 0 Å². The number of hydrogen-bond donors (Lipinski definition) is 2. The summed E-state index contributed by atoms with van der Waals surface area (Å²) >= 11 is 0. The molecule has 0 bridgehead atoms. The van der Waals surface area contributed by atoms with Crippen LogP contribution in [0.15, 0.2) is 23.4 Å². The lowest BCUT2D eigenvalue weighted by atomic mass is 10.0. The molecular weight excluding hydrogens is 216 g/mol. The van der Waals surface area contributed by atoms with Crippen LogP contribution in [0.4, 0.5) is 5.69 Å². The Kier molecular flexibility index (Phi) is 3.42. The SMILES string of the molecule is CCCCCc1cccc2c1NC(=O)C2=NO. The van der Waals surface area contributed by atoms with Gasteiger partial charge in [-0.3, -0.25) is 4.79 Å². The maximum absolute atomic E-state index is 11.5. The van der Waals surface area contributed by atoms with Crippen LogP contribution in [0.25, 0.3) is 0 Å². The smallest absolute Gasteiger partial charge is 0.278 e. The van der Waals surface area contributed by atoms with Crippen LogP contribution in [0.1, 0.15) is 37.3 Å². The van der Waals surface area contributed by atoms with Crippen LogP contribution in [0.2, 0.25) is 0 Å². The van der Waals surface area contributed by atoms with E-state index in [1.807, 2.05) is 12.1 Å². The highest BCUT2D eigenvalue weighted by Gasteiger charge is 2.28. The summed E-state index contributed by atoms with van der Waals surface area (Å²) in [4.78, 5) is 11.5. The van der Waals surface area contributed by atoms with E-state index >= 15 is 0 Å². The number of unbranched alkanes of at least 4 members (excludes halogenated alkanes) is 2. The first-order valence-corrected chi connectivity index (χ1v) is 5.93. The minimum atomic E-state index is -0.328. The Morgan fingerprint density at radius 3 is 2.88 bits per heavy atom. The monoisotopic (exact) mass is 232 g/mol. The average Bonchev–Trinajstić information content (AvgIpc) is 2.66. The summed E-state index contributed by atoms with van der Waals surface area (Å²) in [5, 5.41) is 14.6. The molecule has 0 aliphatic carbocycles. The number of para-hydroxylation sites is 1. The molecule has 0 radical (unpaired) electrons. The van der Waals surface area contributed by atoms with E-state index in [4.69, 9.17) is 5.21 Å². The molecule has 0 spiro atoms. The average molecular weight is 232 g/mol. The predicted molar refractivity (Wildman–Crippen MR) is 66.6 cm³/mol. The second kappa shape index (κ2) is 4.99. The van der Waals surface area contributed by atoms with Crippen LogP contribution < -0.4 is 5.32 Å². The molecule has 0 fully saturated rings. The lowest BCUT2D eigenvalue weighted by molar-refractivity contribution is -0.110. The van der Waals surface area contributed by atoms with Crippen molar-refractivity contribution < 1.29 is 10.0 Å². The van der Waals surface area contributed by atoms with Crippen molar-refractivity contribution in [2.45, 2.75) is 32.6 Å². The third-order valence-corrected chi connectivity index (χ3v) is 3.01. The number of amides is 1. The fourth-order valence-corrected chi connectivity index (χ4v) is 2.11. The second-order valence-electron chi connectivity index (χ2n) is 4.20. The molecule has 1 aromatic rings. The van der Waals surface area contributed by atoms with Crippen LogP contribution in [-0.4, -0.2) is 16.8 Å². The van der Waals surface area contributed by atoms with Gasteiger partial charge >= 0.3 is 0 Å². The molecule has 4 heteroatoms. The van der Waals surface area contributed by atoms with Gasteiger partial charge in [0.1, 0.15) is 0 Å². The molecule has 0 atom stereocenters. The Hall–Kier alpha value is -1.84. The van der Waals surface area contributed by atoms with Crippen molar-refractivity contribution in [2.75, 3.05) is 5.32 Å². The summed E-state index contributed by atoms with van der Waals surface area (Å²) in [7, 11) is 0. The summed E-state index contributed by atoms with van der Waals surface area (Å²) in [6.07, 6.45) is 4.40. The van der Waals surface area contributed by atoms with Gasteiger partial charge in [0.15, 0.2) is 5.71 Å². The third-order valence-electron chi connectivity index (χ3n) is 3.01. The number of nitrogens with one attached hydrogen (secondary N) is 1. The van der Waals surface area contributed by atoms with E-state index in [-0.39, 0.29) is 11.6 Å². The van der Waals surface area contributed by atoms with Crippen LogP contribution in [0, 0.1) is 0 Å². The van der Waals surface area contributed by atoms with E-state index in [1.165, 1.54) is 12.8 Å². The topological polar surface area (TPSA) is 61.7 Å². The normalized spacial score (nSPS) is 16.1. The van der Waals surface area contributed by atoms with Gasteiger partial charge in [-0.15, -0.1) is 0 Å². The standard InChI is InChI=1S/C13H16N2O2/c1-2-3-4-6-9-7-5-8-10-11(9)14-13(16)12(10)15-17/h5,7-8,17H,2-4,6H2,1H3,(H,14,15,16). The Balaban J connectivity index is 2.27. The Labute approximate surface area is 100 Å². The lowest BCUT2D eigenvalue weighted by Gasteiger charge is -2.06. The van der Waals surface area contributed by atoms with Crippen LogP contribution in [-0.2, 0) is 11.2 Å². The highest BCUT2D eigenvalue weighted by Crippen LogP contribution is 2.28. The summed E-state index contributed by atoms with van der Waals surface area (Å²) in [6, 6.07) is 5.70. The molecule has 2 N–H and O–H groups in total. The predicted octanol–water partition coefficient (Wildman–Crippen LogP) is 2.55. The lowest BCUT2D eigenvalue weighted by Crippen LogP contribution is -2.14. The first-order valence-electron chi connectivity index (χ1n) is 5.93. The van der Waals surface area contributed by atoms with E-state index in [9.17, 15) is 4.79 Å². The highest BCUT2D eigenvalue weighted by molar-refractivity contribution is 6.53. The minimum Gasteiger partial charge on any atom is -0.410 e. The molecule has 1 aliphatic heterocycles. The number of hydrogen-bond acceptors (Lipinski definition) is 3. The van der Waals surface area contributed by atoms with E-state index in [0.29, 0.717) is 5.56 Å². The summed E-state index contributed by atoms with van der Waals surface area (Å²) in [6.45, 7) is 2.16. The molecule has 0 aromatic heterocycles. The Morgan fingerprint density at radius 2 is 2.18 bits per heavy atom. The number of aryl methyl sites for hydroxylation is 1. The van der Waals surface area contributed by atoms with Crippen LogP contribution in [0.5, 0.6) is 0 Å². The molecule has 4 nitrogen and oxygen atoms in total. The van der Waals surface area contributed by atoms with Crippen molar-refractivity contribution in [3.05, 3.63) is 29.3 Å². The van der Waals surface area contributed by atoms with E-state index in [0.717, 1.165) is 24.1 Å². The fraction of sp³-hybridized carbons (Fsp3) is 0.385. The summed E-state index contributed by atoms with van der Waals surface area (Å²) in [5.74, 6) is -0.328. The Bertz CT molecular complexity index is 466. The number of fused-ring (bicyclic) bond motifs is 1. The first-order chi connectivity index (χ1) is 8.27. The zero-order valence-corrected chi connectivity index (χ0v) is 9.86. The number of oxime groups is 1. The molecule has 1 amide bonds. The van der Waals surface area contributed by atoms with Crippen molar-refractivity contribution in [3.8, 4) is 0 Å². The largest absolute Gasteiger partial charge is 0.410 e. The molecule has 1 heterocycles. The molecule has 2 rings (SSSR count). The van der Waals surface area contributed by atoms with Crippen molar-refractivity contribution in [3.63, 3.8) is 0 Å². The fourth-order valence-electron chi connectivity index (χ4n) is 2.11. The molecular formula is C13H16N2O2. The second-order valence-corrected chi connectivity index (χ2v) is 4.20. The van der Waals surface area contributed by atoms with Gasteiger partial charge < -0.3 is 10.5 Å². The molecule has 90 valence electrons. The zero-order valence-electron chi connectivity index (χ0n) is 9.86. The van der Waals surface area contributed by atoms with Gasteiger partial charge in [0.2, 0.25) is 0 Å². The van der Waals surface area contributed by atoms with E-state index < -0.39 is 0 Å². The highest BCUT2D eigenvalue weighted by atomic mass is 16.4. The van der Waals surface area contributed by atoms with Crippen LogP contribution >= 0.6 is 0 Å². The number of benzene rings is 1. The van der Waals surface area contributed by atoms with Gasteiger partial charge in [0, 0.05) is 5.56 Å². The van der Waals surface area contributed by atoms with Gasteiger partial charge in [-0.05, 0) is 18.4 Å². The van der Waals surface area contributed by atoms with Crippen molar-refractivity contribution in [1.82, 2.24) is 0 Å². The Morgan fingerprint density at radius 1 is 1.35 bits per heavy atom. The number of rotatable bonds is 4. The van der Waals surface area contributed by atoms with Gasteiger partial charge in [-0.25, -0.2) is 0 Å². The van der Waals surface area contributed by atoms with Crippen molar-refractivity contribution in [2.24, 2.45) is 5.16 Å². The third kappa shape index (κ3) is 2.16. The minimum absolute atomic E-state index is 0.109. The molecule has 1 aliphatic rings. The number of nitrogens with zero attached hydrogens (tertiary/aromatic N) is 1. The quantitative estimate of drug-likeness (QED) is 0.476. The number of carbonyl (C=O) groups excluding carboxylic acids is 1. The number of anilines is 1. The maximum Gasteiger partial charge on any atom is 0.278 e.